The van der Waals surface area contributed by atoms with Gasteiger partial charge in [-0.15, -0.1) is 0 Å². The molecule has 35 heavy (non-hydrogen) atoms. The fourth-order valence-corrected chi connectivity index (χ4v) is 4.89. The minimum atomic E-state index is -4.48. The van der Waals surface area contributed by atoms with Crippen molar-refractivity contribution in [1.82, 2.24) is 14.8 Å². The molecule has 2 saturated heterocycles. The number of likely N-dealkylation sites (N-methyl/N-ethyl adjacent to an activating group) is 1. The number of anilines is 1. The molecule has 7 nitrogen and oxygen atoms in total. The highest BCUT2D eigenvalue weighted by Gasteiger charge is 2.34. The van der Waals surface area contributed by atoms with Crippen molar-refractivity contribution < 1.29 is 22.7 Å². The summed E-state index contributed by atoms with van der Waals surface area (Å²) >= 11 is 0. The first-order valence-electron chi connectivity index (χ1n) is 11.8. The third-order valence-electron chi connectivity index (χ3n) is 6.83. The number of pyridine rings is 1. The first kappa shape index (κ1) is 25.2. The minimum absolute atomic E-state index is 0.0742. The van der Waals surface area contributed by atoms with Gasteiger partial charge in [0.15, 0.2) is 0 Å². The summed E-state index contributed by atoms with van der Waals surface area (Å²) < 4.78 is 47.1. The standard InChI is InChI=1S/C25H31F3N4O3/c1-15-19(5-4-6-21(15)25(26,27)28)16(2)29-24(34)20-14-32(18-7-9-35-10-8-18)23(33)11-22(20)30-17-12-31(3)13-17/h4-6,11,14,16-18,30H,7-10,12-13H2,1-3H3,(H,29,34). The molecule has 1 amide bonds. The number of carbonyl (C=O) groups is 1. The van der Waals surface area contributed by atoms with Crippen LogP contribution >= 0.6 is 0 Å². The van der Waals surface area contributed by atoms with Gasteiger partial charge in [-0.2, -0.15) is 13.2 Å². The maximum absolute atomic E-state index is 13.4. The molecule has 0 aliphatic carbocycles. The van der Waals surface area contributed by atoms with Gasteiger partial charge in [-0.1, -0.05) is 12.1 Å². The van der Waals surface area contributed by atoms with Gasteiger partial charge in [-0.3, -0.25) is 9.59 Å². The zero-order valence-corrected chi connectivity index (χ0v) is 20.1. The van der Waals surface area contributed by atoms with Crippen LogP contribution in [0.1, 0.15) is 58.9 Å². The number of rotatable bonds is 6. The Bertz CT molecular complexity index is 1140. The van der Waals surface area contributed by atoms with Crippen LogP contribution in [0, 0.1) is 6.92 Å². The van der Waals surface area contributed by atoms with E-state index in [9.17, 15) is 22.8 Å². The third kappa shape index (κ3) is 5.54. The van der Waals surface area contributed by atoms with Crippen LogP contribution in [0.25, 0.3) is 0 Å². The van der Waals surface area contributed by atoms with Crippen molar-refractivity contribution in [3.05, 3.63) is 63.1 Å². The summed E-state index contributed by atoms with van der Waals surface area (Å²) in [7, 11) is 1.98. The molecule has 10 heteroatoms. The molecule has 4 rings (SSSR count). The van der Waals surface area contributed by atoms with Crippen molar-refractivity contribution in [3.8, 4) is 0 Å². The fourth-order valence-electron chi connectivity index (χ4n) is 4.89. The van der Waals surface area contributed by atoms with Gasteiger partial charge in [0.05, 0.1) is 28.9 Å². The van der Waals surface area contributed by atoms with Crippen LogP contribution in [-0.4, -0.2) is 54.8 Å². The van der Waals surface area contributed by atoms with E-state index in [0.717, 1.165) is 19.2 Å². The number of carbonyl (C=O) groups excluding carboxylic acids is 1. The highest BCUT2D eigenvalue weighted by Crippen LogP contribution is 2.34. The van der Waals surface area contributed by atoms with Crippen LogP contribution in [0.3, 0.4) is 0 Å². The van der Waals surface area contributed by atoms with Crippen LogP contribution in [0.15, 0.2) is 35.3 Å². The number of halogens is 3. The van der Waals surface area contributed by atoms with Crippen LogP contribution in [0.2, 0.25) is 0 Å². The molecule has 3 heterocycles. The maximum atomic E-state index is 13.4. The monoisotopic (exact) mass is 492 g/mol. The summed E-state index contributed by atoms with van der Waals surface area (Å²) in [6.45, 7) is 5.71. The number of hydrogen-bond acceptors (Lipinski definition) is 5. The maximum Gasteiger partial charge on any atom is 0.416 e. The molecule has 190 valence electrons. The number of aromatic nitrogens is 1. The topological polar surface area (TPSA) is 75.6 Å². The molecule has 1 aromatic heterocycles. The second-order valence-corrected chi connectivity index (χ2v) is 9.47. The van der Waals surface area contributed by atoms with Crippen LogP contribution in [0.4, 0.5) is 18.9 Å². The van der Waals surface area contributed by atoms with Gasteiger partial charge in [0, 0.05) is 44.6 Å². The van der Waals surface area contributed by atoms with Crippen LogP contribution in [0.5, 0.6) is 0 Å². The lowest BCUT2D eigenvalue weighted by Gasteiger charge is -2.37. The highest BCUT2D eigenvalue weighted by atomic mass is 19.4. The molecule has 0 radical (unpaired) electrons. The molecular weight excluding hydrogens is 461 g/mol. The Morgan fingerprint density at radius 2 is 1.89 bits per heavy atom. The number of ether oxygens (including phenoxy) is 1. The van der Waals surface area contributed by atoms with Gasteiger partial charge in [0.25, 0.3) is 11.5 Å². The van der Waals surface area contributed by atoms with E-state index in [4.69, 9.17) is 4.74 Å². The van der Waals surface area contributed by atoms with E-state index in [1.165, 1.54) is 19.1 Å². The molecule has 0 bridgehead atoms. The summed E-state index contributed by atoms with van der Waals surface area (Å²) in [6, 6.07) is 4.78. The molecule has 1 unspecified atom stereocenters. The van der Waals surface area contributed by atoms with E-state index >= 15 is 0 Å². The summed E-state index contributed by atoms with van der Waals surface area (Å²) in [5, 5.41) is 6.14. The van der Waals surface area contributed by atoms with E-state index in [1.54, 1.807) is 23.8 Å². The molecule has 0 saturated carbocycles. The zero-order valence-electron chi connectivity index (χ0n) is 20.1. The first-order valence-corrected chi connectivity index (χ1v) is 11.8. The van der Waals surface area contributed by atoms with Crippen molar-refractivity contribution in [2.45, 2.75) is 51.0 Å². The van der Waals surface area contributed by atoms with Crippen LogP contribution < -0.4 is 16.2 Å². The number of amides is 1. The lowest BCUT2D eigenvalue weighted by atomic mass is 9.97. The van der Waals surface area contributed by atoms with Crippen molar-refractivity contribution in [2.24, 2.45) is 0 Å². The van der Waals surface area contributed by atoms with E-state index in [0.29, 0.717) is 42.9 Å². The molecular formula is C25H31F3N4O3. The molecule has 2 fully saturated rings. The van der Waals surface area contributed by atoms with Gasteiger partial charge in [-0.05, 0) is 50.9 Å². The Hall–Kier alpha value is -2.85. The molecule has 1 atom stereocenters. The minimum Gasteiger partial charge on any atom is -0.381 e. The predicted octanol–water partition coefficient (Wildman–Crippen LogP) is 3.74. The number of hydrogen-bond donors (Lipinski definition) is 2. The average Bonchev–Trinajstić information content (AvgIpc) is 2.78. The number of benzene rings is 1. The lowest BCUT2D eigenvalue weighted by Crippen LogP contribution is -2.52. The number of nitrogens with zero attached hydrogens (tertiary/aromatic N) is 2. The Balaban J connectivity index is 1.63. The Morgan fingerprint density at radius 1 is 1.20 bits per heavy atom. The van der Waals surface area contributed by atoms with Crippen molar-refractivity contribution in [2.75, 3.05) is 38.7 Å². The summed E-state index contributed by atoms with van der Waals surface area (Å²) in [4.78, 5) is 28.4. The quantitative estimate of drug-likeness (QED) is 0.643. The van der Waals surface area contributed by atoms with Gasteiger partial charge < -0.3 is 24.8 Å². The number of likely N-dealkylation sites (tertiary alicyclic amines) is 1. The molecule has 0 spiro atoms. The molecule has 2 aromatic rings. The highest BCUT2D eigenvalue weighted by molar-refractivity contribution is 5.99. The first-order chi connectivity index (χ1) is 16.5. The molecule has 2 aliphatic heterocycles. The van der Waals surface area contributed by atoms with Gasteiger partial charge >= 0.3 is 6.18 Å². The van der Waals surface area contributed by atoms with E-state index in [-0.39, 0.29) is 23.2 Å². The lowest BCUT2D eigenvalue weighted by molar-refractivity contribution is -0.138. The molecule has 1 aromatic carbocycles. The average molecular weight is 493 g/mol. The Morgan fingerprint density at radius 3 is 2.51 bits per heavy atom. The van der Waals surface area contributed by atoms with Crippen molar-refractivity contribution in [1.29, 1.82) is 0 Å². The fraction of sp³-hybridized carbons (Fsp3) is 0.520. The smallest absolute Gasteiger partial charge is 0.381 e. The summed E-state index contributed by atoms with van der Waals surface area (Å²) in [5.41, 5.74) is 0.270. The largest absolute Gasteiger partial charge is 0.416 e. The van der Waals surface area contributed by atoms with Gasteiger partial charge in [0.2, 0.25) is 0 Å². The number of nitrogens with one attached hydrogen (secondary N) is 2. The van der Waals surface area contributed by atoms with E-state index < -0.39 is 23.7 Å². The SMILES string of the molecule is Cc1c(C(C)NC(=O)c2cn(C3CCOCC3)c(=O)cc2NC2CN(C)C2)cccc1C(F)(F)F. The third-order valence-corrected chi connectivity index (χ3v) is 6.83. The Kier molecular flexibility index (Phi) is 7.23. The summed E-state index contributed by atoms with van der Waals surface area (Å²) in [5.74, 6) is -0.453. The second-order valence-electron chi connectivity index (χ2n) is 9.47. The Labute approximate surface area is 202 Å². The second kappa shape index (κ2) is 10.0. The predicted molar refractivity (Wildman–Crippen MR) is 127 cm³/mol. The van der Waals surface area contributed by atoms with Crippen LogP contribution in [-0.2, 0) is 10.9 Å². The molecule has 2 N–H and O–H groups in total. The van der Waals surface area contributed by atoms with Gasteiger partial charge in [-0.25, -0.2) is 0 Å². The molecule has 2 aliphatic rings. The van der Waals surface area contributed by atoms with E-state index in [2.05, 4.69) is 15.5 Å². The zero-order chi connectivity index (χ0) is 25.3. The van der Waals surface area contributed by atoms with Crippen molar-refractivity contribution >= 4 is 11.6 Å². The number of alkyl halides is 3. The normalized spacial score (nSPS) is 18.7. The van der Waals surface area contributed by atoms with Crippen molar-refractivity contribution in [3.63, 3.8) is 0 Å². The summed E-state index contributed by atoms with van der Waals surface area (Å²) in [6.07, 6.45) is -1.57. The van der Waals surface area contributed by atoms with E-state index in [1.807, 2.05) is 7.05 Å². The van der Waals surface area contributed by atoms with Gasteiger partial charge in [0.1, 0.15) is 0 Å².